The highest BCUT2D eigenvalue weighted by molar-refractivity contribution is 7.07. The molecular weight excluding hydrogens is 378 g/mol. The van der Waals surface area contributed by atoms with Crippen LogP contribution in [0.3, 0.4) is 0 Å². The monoisotopic (exact) mass is 399 g/mol. The van der Waals surface area contributed by atoms with Gasteiger partial charge in [0.05, 0.1) is 16.6 Å². The molecule has 1 atom stereocenters. The zero-order chi connectivity index (χ0) is 19.8. The maximum absolute atomic E-state index is 12.8. The number of piperidine rings is 1. The molecule has 0 bridgehead atoms. The summed E-state index contributed by atoms with van der Waals surface area (Å²) in [6, 6.07) is 1.91. The third-order valence-electron chi connectivity index (χ3n) is 4.99. The zero-order valence-corrected chi connectivity index (χ0v) is 16.8. The molecule has 0 aliphatic carbocycles. The predicted octanol–water partition coefficient (Wildman–Crippen LogP) is 1.56. The molecule has 1 saturated heterocycles. The molecule has 9 nitrogen and oxygen atoms in total. The molecule has 1 aliphatic heterocycles. The van der Waals surface area contributed by atoms with Crippen LogP contribution in [0.1, 0.15) is 39.8 Å². The Bertz CT molecular complexity index is 1090. The van der Waals surface area contributed by atoms with Crippen molar-refractivity contribution in [1.29, 1.82) is 0 Å². The summed E-state index contributed by atoms with van der Waals surface area (Å²) in [6.45, 7) is 3.03. The number of nitrogens with one attached hydrogen (secondary N) is 1. The van der Waals surface area contributed by atoms with Crippen LogP contribution in [0.25, 0.3) is 10.9 Å². The van der Waals surface area contributed by atoms with E-state index >= 15 is 0 Å². The molecule has 0 unspecified atom stereocenters. The number of likely N-dealkylation sites (tertiary alicyclic amines) is 1. The Labute approximate surface area is 165 Å². The summed E-state index contributed by atoms with van der Waals surface area (Å²) in [5.41, 5.74) is 1.87. The average molecular weight is 399 g/mol. The third-order valence-corrected chi connectivity index (χ3v) is 5.81. The van der Waals surface area contributed by atoms with Gasteiger partial charge in [0.25, 0.3) is 11.5 Å². The van der Waals surface area contributed by atoms with E-state index in [9.17, 15) is 9.59 Å². The summed E-state index contributed by atoms with van der Waals surface area (Å²) in [4.78, 5) is 41.2. The molecule has 0 spiro atoms. The van der Waals surface area contributed by atoms with E-state index < -0.39 is 0 Å². The summed E-state index contributed by atoms with van der Waals surface area (Å²) in [5.74, 6) is 0.559. The number of rotatable bonds is 3. The largest absolute Gasteiger partial charge is 0.347 e. The number of aromatic amines is 1. The lowest BCUT2D eigenvalue weighted by molar-refractivity contribution is 0.0710. The first-order chi connectivity index (χ1) is 13.4. The standard InChI is InChI=1S/C18H21N7O2S/c1-10-15(28-23-22-10)17(27)25-6-4-5-11(9-25)13-7-14-12(16(26)20-13)8-19-18(21-14)24(2)3/h7-8,11H,4-6,9H2,1-3H3,(H,20,26)/t11-/m1/s1. The van der Waals surface area contributed by atoms with Crippen molar-refractivity contribution in [3.63, 3.8) is 0 Å². The fraction of sp³-hybridized carbons (Fsp3) is 0.444. The van der Waals surface area contributed by atoms with E-state index in [1.807, 2.05) is 25.1 Å². The number of pyridine rings is 1. The second-order valence-electron chi connectivity index (χ2n) is 7.19. The minimum Gasteiger partial charge on any atom is -0.347 e. The van der Waals surface area contributed by atoms with Crippen LogP contribution in [0.2, 0.25) is 0 Å². The van der Waals surface area contributed by atoms with E-state index in [-0.39, 0.29) is 17.4 Å². The molecule has 1 fully saturated rings. The van der Waals surface area contributed by atoms with Gasteiger partial charge < -0.3 is 14.8 Å². The number of hydrogen-bond acceptors (Lipinski definition) is 8. The van der Waals surface area contributed by atoms with Crippen LogP contribution in [0.5, 0.6) is 0 Å². The lowest BCUT2D eigenvalue weighted by Crippen LogP contribution is -2.39. The molecule has 1 amide bonds. The number of amides is 1. The molecule has 4 rings (SSSR count). The summed E-state index contributed by atoms with van der Waals surface area (Å²) < 4.78 is 3.86. The van der Waals surface area contributed by atoms with Gasteiger partial charge in [0.15, 0.2) is 0 Å². The third kappa shape index (κ3) is 3.35. The molecule has 10 heteroatoms. The Hall–Kier alpha value is -2.88. The van der Waals surface area contributed by atoms with Crippen LogP contribution in [0, 0.1) is 6.92 Å². The van der Waals surface area contributed by atoms with E-state index in [4.69, 9.17) is 0 Å². The van der Waals surface area contributed by atoms with Crippen molar-refractivity contribution in [3.8, 4) is 0 Å². The number of carbonyl (C=O) groups is 1. The Morgan fingerprint density at radius 2 is 2.21 bits per heavy atom. The highest BCUT2D eigenvalue weighted by atomic mass is 32.1. The number of H-pyrrole nitrogens is 1. The van der Waals surface area contributed by atoms with Crippen LogP contribution >= 0.6 is 11.5 Å². The van der Waals surface area contributed by atoms with Crippen LogP contribution < -0.4 is 10.5 Å². The Kier molecular flexibility index (Phi) is 4.80. The van der Waals surface area contributed by atoms with Gasteiger partial charge in [-0.15, -0.1) is 5.10 Å². The van der Waals surface area contributed by atoms with Crippen molar-refractivity contribution in [2.24, 2.45) is 0 Å². The van der Waals surface area contributed by atoms with E-state index in [2.05, 4.69) is 24.5 Å². The summed E-state index contributed by atoms with van der Waals surface area (Å²) in [6.07, 6.45) is 3.32. The summed E-state index contributed by atoms with van der Waals surface area (Å²) >= 11 is 1.13. The normalized spacial score (nSPS) is 17.1. The highest BCUT2D eigenvalue weighted by Crippen LogP contribution is 2.28. The Balaban J connectivity index is 1.64. The first kappa shape index (κ1) is 18.5. The highest BCUT2D eigenvalue weighted by Gasteiger charge is 2.28. The molecular formula is C18H21N7O2S. The van der Waals surface area contributed by atoms with Gasteiger partial charge in [-0.05, 0) is 37.4 Å². The fourth-order valence-corrected chi connectivity index (χ4v) is 4.10. The lowest BCUT2D eigenvalue weighted by Gasteiger charge is -2.32. The van der Waals surface area contributed by atoms with Gasteiger partial charge in [-0.25, -0.2) is 9.97 Å². The number of carbonyl (C=O) groups excluding carboxylic acids is 1. The van der Waals surface area contributed by atoms with Crippen LogP contribution in [-0.4, -0.2) is 62.5 Å². The second kappa shape index (κ2) is 7.27. The fourth-order valence-electron chi connectivity index (χ4n) is 3.47. The van der Waals surface area contributed by atoms with Crippen LogP contribution in [-0.2, 0) is 0 Å². The van der Waals surface area contributed by atoms with Crippen molar-refractivity contribution in [1.82, 2.24) is 29.4 Å². The molecule has 1 aliphatic rings. The smallest absolute Gasteiger partial charge is 0.267 e. The Morgan fingerprint density at radius 1 is 1.39 bits per heavy atom. The second-order valence-corrected chi connectivity index (χ2v) is 7.95. The zero-order valence-electron chi connectivity index (χ0n) is 16.0. The van der Waals surface area contributed by atoms with Crippen molar-refractivity contribution in [2.45, 2.75) is 25.7 Å². The number of nitrogens with zero attached hydrogens (tertiary/aromatic N) is 6. The molecule has 3 aromatic rings. The van der Waals surface area contributed by atoms with Gasteiger partial charge in [-0.2, -0.15) is 0 Å². The van der Waals surface area contributed by atoms with E-state index in [1.54, 1.807) is 18.0 Å². The van der Waals surface area contributed by atoms with E-state index in [0.29, 0.717) is 40.5 Å². The lowest BCUT2D eigenvalue weighted by atomic mass is 9.93. The number of aromatic nitrogens is 5. The molecule has 0 radical (unpaired) electrons. The quantitative estimate of drug-likeness (QED) is 0.712. The van der Waals surface area contributed by atoms with Crippen molar-refractivity contribution in [2.75, 3.05) is 32.1 Å². The van der Waals surface area contributed by atoms with E-state index in [1.165, 1.54) is 0 Å². The van der Waals surface area contributed by atoms with Crippen LogP contribution in [0.4, 0.5) is 5.95 Å². The van der Waals surface area contributed by atoms with Gasteiger partial charge in [-0.1, -0.05) is 4.49 Å². The van der Waals surface area contributed by atoms with Gasteiger partial charge in [0, 0.05) is 45.0 Å². The molecule has 0 saturated carbocycles. The van der Waals surface area contributed by atoms with Gasteiger partial charge in [0.1, 0.15) is 4.88 Å². The number of aryl methyl sites for hydroxylation is 1. The van der Waals surface area contributed by atoms with Crippen molar-refractivity contribution >= 4 is 34.3 Å². The minimum absolute atomic E-state index is 0.0439. The summed E-state index contributed by atoms with van der Waals surface area (Å²) in [5, 5.41) is 4.40. The SMILES string of the molecule is Cc1nnsc1C(=O)N1CCC[C@@H](c2cc3nc(N(C)C)ncc3c(=O)[nH]2)C1. The molecule has 146 valence electrons. The van der Waals surface area contributed by atoms with Gasteiger partial charge >= 0.3 is 0 Å². The predicted molar refractivity (Wildman–Crippen MR) is 107 cm³/mol. The molecule has 1 N–H and O–H groups in total. The minimum atomic E-state index is -0.205. The maximum atomic E-state index is 12.8. The molecule has 3 aromatic heterocycles. The van der Waals surface area contributed by atoms with Gasteiger partial charge in [0.2, 0.25) is 5.95 Å². The summed E-state index contributed by atoms with van der Waals surface area (Å²) in [7, 11) is 3.71. The van der Waals surface area contributed by atoms with Gasteiger partial charge in [-0.3, -0.25) is 9.59 Å². The van der Waals surface area contributed by atoms with Crippen molar-refractivity contribution < 1.29 is 4.79 Å². The maximum Gasteiger partial charge on any atom is 0.267 e. The topological polar surface area (TPSA) is 108 Å². The first-order valence-corrected chi connectivity index (χ1v) is 9.87. The molecule has 0 aromatic carbocycles. The molecule has 28 heavy (non-hydrogen) atoms. The number of hydrogen-bond donors (Lipinski definition) is 1. The van der Waals surface area contributed by atoms with Crippen molar-refractivity contribution in [3.05, 3.63) is 38.9 Å². The Morgan fingerprint density at radius 3 is 2.93 bits per heavy atom. The number of anilines is 1. The number of fused-ring (bicyclic) bond motifs is 1. The van der Waals surface area contributed by atoms with Crippen LogP contribution in [0.15, 0.2) is 17.1 Å². The van der Waals surface area contributed by atoms with E-state index in [0.717, 1.165) is 30.1 Å². The first-order valence-electron chi connectivity index (χ1n) is 9.09. The average Bonchev–Trinajstić information content (AvgIpc) is 3.12. The molecule has 4 heterocycles.